The highest BCUT2D eigenvalue weighted by atomic mass is 16.6. The predicted molar refractivity (Wildman–Crippen MR) is 23.5 cm³/mol. The van der Waals surface area contributed by atoms with Gasteiger partial charge in [0.2, 0.25) is 0 Å². The van der Waals surface area contributed by atoms with Crippen LogP contribution in [0.15, 0.2) is 5.16 Å². The molecule has 7 heavy (non-hydrogen) atoms. The molecule has 1 aliphatic heterocycles. The fourth-order valence-electron chi connectivity index (χ4n) is 0.431. The monoisotopic (exact) mass is 100 g/mol. The molecule has 0 saturated carbocycles. The van der Waals surface area contributed by atoms with Crippen LogP contribution in [0.3, 0.4) is 0 Å². The van der Waals surface area contributed by atoms with E-state index in [1.54, 1.807) is 6.21 Å². The van der Waals surface area contributed by atoms with Crippen LogP contribution in [0.4, 0.5) is 0 Å². The lowest BCUT2D eigenvalue weighted by atomic mass is 10.3. The van der Waals surface area contributed by atoms with Crippen molar-refractivity contribution < 1.29 is 9.94 Å². The standard InChI is InChI=1S/C4H6NO2/c6-3-4-1-2-5-7-4/h2,4H,1,3H2. The maximum atomic E-state index is 9.93. The van der Waals surface area contributed by atoms with E-state index in [9.17, 15) is 5.11 Å². The molecule has 1 atom stereocenters. The topological polar surface area (TPSA) is 41.5 Å². The number of oxime groups is 1. The normalized spacial score (nSPS) is 27.9. The first kappa shape index (κ1) is 4.59. The highest BCUT2D eigenvalue weighted by molar-refractivity contribution is 5.58. The molecule has 1 rings (SSSR count). The van der Waals surface area contributed by atoms with Crippen molar-refractivity contribution in [2.75, 3.05) is 6.61 Å². The Morgan fingerprint density at radius 3 is 3.14 bits per heavy atom. The summed E-state index contributed by atoms with van der Waals surface area (Å²) in [4.78, 5) is 4.56. The fraction of sp³-hybridized carbons (Fsp3) is 0.750. The lowest BCUT2D eigenvalue weighted by Gasteiger charge is -1.97. The van der Waals surface area contributed by atoms with E-state index in [4.69, 9.17) is 0 Å². The third-order valence-corrected chi connectivity index (χ3v) is 0.839. The van der Waals surface area contributed by atoms with Crippen molar-refractivity contribution >= 4 is 6.21 Å². The van der Waals surface area contributed by atoms with Gasteiger partial charge in [-0.05, 0) is 0 Å². The van der Waals surface area contributed by atoms with Crippen molar-refractivity contribution in [3.05, 3.63) is 0 Å². The maximum absolute atomic E-state index is 9.93. The van der Waals surface area contributed by atoms with E-state index in [0.717, 1.165) is 0 Å². The third kappa shape index (κ3) is 0.899. The van der Waals surface area contributed by atoms with Gasteiger partial charge in [-0.2, -0.15) is 0 Å². The molecule has 0 aromatic carbocycles. The Hall–Kier alpha value is -0.570. The molecule has 1 unspecified atom stereocenters. The summed E-state index contributed by atoms with van der Waals surface area (Å²) >= 11 is 0. The molecule has 0 aliphatic carbocycles. The fourth-order valence-corrected chi connectivity index (χ4v) is 0.431. The van der Waals surface area contributed by atoms with E-state index < -0.39 is 0 Å². The zero-order chi connectivity index (χ0) is 5.11. The van der Waals surface area contributed by atoms with Gasteiger partial charge in [0.05, 0.1) is 0 Å². The first-order valence-electron chi connectivity index (χ1n) is 2.19. The molecule has 3 heteroatoms. The second kappa shape index (κ2) is 1.93. The minimum absolute atomic E-state index is 0.181. The minimum Gasteiger partial charge on any atom is -0.390 e. The summed E-state index contributed by atoms with van der Waals surface area (Å²) in [5.74, 6) is 0. The number of hydrogen-bond acceptors (Lipinski definition) is 2. The Balaban J connectivity index is 2.22. The van der Waals surface area contributed by atoms with Gasteiger partial charge in [-0.3, -0.25) is 0 Å². The molecule has 0 amide bonds. The van der Waals surface area contributed by atoms with Crippen molar-refractivity contribution in [3.8, 4) is 0 Å². The number of rotatable bonds is 1. The van der Waals surface area contributed by atoms with Crippen LogP contribution in [-0.2, 0) is 9.94 Å². The molecule has 0 N–H and O–H groups in total. The van der Waals surface area contributed by atoms with Crippen LogP contribution in [0.2, 0.25) is 0 Å². The molecule has 1 heterocycles. The Labute approximate surface area is 41.6 Å². The molecule has 0 spiro atoms. The first-order chi connectivity index (χ1) is 3.43. The van der Waals surface area contributed by atoms with E-state index in [1.165, 1.54) is 0 Å². The zero-order valence-electron chi connectivity index (χ0n) is 3.83. The maximum Gasteiger partial charge on any atom is 0.158 e. The van der Waals surface area contributed by atoms with E-state index in [-0.39, 0.29) is 12.7 Å². The van der Waals surface area contributed by atoms with Gasteiger partial charge in [-0.1, -0.05) is 5.16 Å². The lowest BCUT2D eigenvalue weighted by Crippen LogP contribution is -2.08. The molecule has 0 fully saturated rings. The first-order valence-corrected chi connectivity index (χ1v) is 2.19. The Morgan fingerprint density at radius 2 is 2.86 bits per heavy atom. The highest BCUT2D eigenvalue weighted by Crippen LogP contribution is 2.01. The second-order valence-electron chi connectivity index (χ2n) is 1.42. The van der Waals surface area contributed by atoms with Crippen LogP contribution in [0.1, 0.15) is 6.42 Å². The van der Waals surface area contributed by atoms with Gasteiger partial charge in [0.1, 0.15) is 6.61 Å². The van der Waals surface area contributed by atoms with Crippen LogP contribution in [-0.4, -0.2) is 18.9 Å². The molecule has 0 saturated heterocycles. The molecule has 39 valence electrons. The summed E-state index contributed by atoms with van der Waals surface area (Å²) in [6, 6.07) is 0. The molecule has 0 bridgehead atoms. The summed E-state index contributed by atoms with van der Waals surface area (Å²) in [5.41, 5.74) is 0. The Morgan fingerprint density at radius 1 is 2.00 bits per heavy atom. The molecule has 1 radical (unpaired) electrons. The molecule has 3 nitrogen and oxygen atoms in total. The Bertz CT molecular complexity index is 73.8. The van der Waals surface area contributed by atoms with E-state index in [2.05, 4.69) is 9.99 Å². The SMILES string of the molecule is [O]CC1CC=NO1. The van der Waals surface area contributed by atoms with Crippen molar-refractivity contribution in [3.63, 3.8) is 0 Å². The van der Waals surface area contributed by atoms with Crippen LogP contribution in [0.5, 0.6) is 0 Å². The highest BCUT2D eigenvalue weighted by Gasteiger charge is 2.10. The van der Waals surface area contributed by atoms with Gasteiger partial charge in [0, 0.05) is 12.6 Å². The minimum atomic E-state index is -0.181. The van der Waals surface area contributed by atoms with Crippen molar-refractivity contribution in [1.82, 2.24) is 0 Å². The summed E-state index contributed by atoms with van der Waals surface area (Å²) in [7, 11) is 0. The van der Waals surface area contributed by atoms with Crippen LogP contribution in [0, 0.1) is 0 Å². The van der Waals surface area contributed by atoms with E-state index in [1.807, 2.05) is 0 Å². The third-order valence-electron chi connectivity index (χ3n) is 0.839. The summed E-state index contributed by atoms with van der Waals surface area (Å²) in [6.07, 6.45) is 2.12. The van der Waals surface area contributed by atoms with Gasteiger partial charge in [-0.15, -0.1) is 0 Å². The molecule has 0 aromatic rings. The Kier molecular flexibility index (Phi) is 1.26. The smallest absolute Gasteiger partial charge is 0.158 e. The van der Waals surface area contributed by atoms with Gasteiger partial charge in [-0.25, -0.2) is 5.11 Å². The van der Waals surface area contributed by atoms with Crippen molar-refractivity contribution in [2.24, 2.45) is 5.16 Å². The lowest BCUT2D eigenvalue weighted by molar-refractivity contribution is 0.0135. The van der Waals surface area contributed by atoms with Crippen LogP contribution < -0.4 is 0 Å². The van der Waals surface area contributed by atoms with Gasteiger partial charge in [0.25, 0.3) is 0 Å². The second-order valence-corrected chi connectivity index (χ2v) is 1.42. The van der Waals surface area contributed by atoms with Crippen molar-refractivity contribution in [1.29, 1.82) is 0 Å². The molecule has 0 aromatic heterocycles. The average molecular weight is 100 g/mol. The summed E-state index contributed by atoms with van der Waals surface area (Å²) in [5, 5.41) is 13.3. The molecular weight excluding hydrogens is 94.0 g/mol. The summed E-state index contributed by atoms with van der Waals surface area (Å²) in [6.45, 7) is -0.181. The molecular formula is C4H6NO2. The van der Waals surface area contributed by atoms with E-state index >= 15 is 0 Å². The van der Waals surface area contributed by atoms with Gasteiger partial charge < -0.3 is 4.84 Å². The quantitative estimate of drug-likeness (QED) is 0.463. The molecule has 1 aliphatic rings. The predicted octanol–water partition coefficient (Wildman–Crippen LogP) is 0.192. The zero-order valence-corrected chi connectivity index (χ0v) is 3.83. The van der Waals surface area contributed by atoms with Crippen LogP contribution >= 0.6 is 0 Å². The van der Waals surface area contributed by atoms with Crippen LogP contribution in [0.25, 0.3) is 0 Å². The van der Waals surface area contributed by atoms with Gasteiger partial charge >= 0.3 is 0 Å². The largest absolute Gasteiger partial charge is 0.390 e. The van der Waals surface area contributed by atoms with Crippen molar-refractivity contribution in [2.45, 2.75) is 12.5 Å². The van der Waals surface area contributed by atoms with Gasteiger partial charge in [0.15, 0.2) is 6.10 Å². The summed E-state index contributed by atoms with van der Waals surface area (Å²) < 4.78 is 0. The average Bonchev–Trinajstić information content (AvgIpc) is 2.14. The number of hydrogen-bond donors (Lipinski definition) is 0. The number of nitrogens with zero attached hydrogens (tertiary/aromatic N) is 1. The van der Waals surface area contributed by atoms with E-state index in [0.29, 0.717) is 6.42 Å².